The van der Waals surface area contributed by atoms with E-state index in [1.807, 2.05) is 0 Å². The Bertz CT molecular complexity index is 1980. The Balaban J connectivity index is 2.54. The van der Waals surface area contributed by atoms with Crippen molar-refractivity contribution in [3.8, 4) is 5.75 Å². The molecule has 0 spiro atoms. The normalized spacial score (nSPS) is 17.6. The Morgan fingerprint density at radius 2 is 1.25 bits per heavy atom. The molecule has 0 bridgehead atoms. The van der Waals surface area contributed by atoms with E-state index in [-0.39, 0.29) is 55.9 Å². The number of phenols is 1. The molecule has 1 aliphatic heterocycles. The van der Waals surface area contributed by atoms with Crippen LogP contribution in [0.25, 0.3) is 0 Å². The lowest BCUT2D eigenvalue weighted by atomic mass is 9.90. The Morgan fingerprint density at radius 1 is 0.710 bits per heavy atom. The van der Waals surface area contributed by atoms with Crippen LogP contribution < -0.4 is 27.0 Å². The van der Waals surface area contributed by atoms with Crippen molar-refractivity contribution in [2.24, 2.45) is 17.6 Å². The zero-order valence-corrected chi connectivity index (χ0v) is 37.0. The van der Waals surface area contributed by atoms with Crippen molar-refractivity contribution in [1.29, 1.82) is 0 Å². The fourth-order valence-corrected chi connectivity index (χ4v) is 6.87. The van der Waals surface area contributed by atoms with Gasteiger partial charge in [-0.1, -0.05) is 46.2 Å². The van der Waals surface area contributed by atoms with Crippen molar-refractivity contribution in [2.45, 2.75) is 151 Å². The van der Waals surface area contributed by atoms with Gasteiger partial charge in [-0.3, -0.25) is 24.0 Å². The molecule has 0 radical (unpaired) electrons. The average Bonchev–Trinajstić information content (AvgIpc) is 3.74. The number of carbonyl (C=O) groups excluding carboxylic acids is 5. The fourth-order valence-electron chi connectivity index (χ4n) is 6.87. The molecule has 14 nitrogen and oxygen atoms in total. The minimum atomic E-state index is -8.67. The number of carbonyl (C=O) groups is 6. The predicted molar refractivity (Wildman–Crippen MR) is 209 cm³/mol. The number of likely N-dealkylation sites (tertiary alicyclic amines) is 1. The topological polar surface area (TPSA) is 220 Å². The van der Waals surface area contributed by atoms with E-state index in [2.05, 4.69) is 16.0 Å². The largest absolute Gasteiger partial charge is 0.508 e. The van der Waals surface area contributed by atoms with Crippen molar-refractivity contribution < 1.29 is 105 Å². The summed E-state index contributed by atoms with van der Waals surface area (Å²) in [6.45, 7) is 5.72. The van der Waals surface area contributed by atoms with Gasteiger partial charge in [0.1, 0.15) is 36.0 Å². The molecule has 1 aromatic carbocycles. The fraction of sp³-hybridized carbons (Fsp3) is 0.700. The van der Waals surface area contributed by atoms with Gasteiger partial charge in [0.05, 0.1) is 0 Å². The number of nitrogens with one attached hydrogen (secondary N) is 4. The van der Waals surface area contributed by atoms with Crippen LogP contribution in [0.3, 0.4) is 0 Å². The number of halogens is 15. The number of unbranched alkanes of at least 4 members (excludes halogenated alkanes) is 1. The Morgan fingerprint density at radius 3 is 1.74 bits per heavy atom. The summed E-state index contributed by atoms with van der Waals surface area (Å²) < 4.78 is 208. The highest BCUT2D eigenvalue weighted by Gasteiger charge is 2.94. The number of hydrogen-bond acceptors (Lipinski definition) is 8. The molecular weight excluding hydrogens is 977 g/mol. The SMILES string of the molecule is CC[C@@H](C)[C@H](NC(=O)[C@H](Cc1ccc(O)cc1)NC(=O)[C@@H]1CCCN1C(=O)[C@H](CCCCN)NC(=O)C(F)(F)C(F)(F)C(F)(F)C(F)(F)C(F)(F)C(F)(F)C(F)(F)F)C(=O)N[C@@H](CC(C)C)C(=O)O. The molecule has 0 saturated carbocycles. The molecule has 1 aliphatic rings. The van der Waals surface area contributed by atoms with Crippen LogP contribution in [0.4, 0.5) is 65.9 Å². The molecule has 2 rings (SSSR count). The highest BCUT2D eigenvalue weighted by Crippen LogP contribution is 2.62. The first kappa shape index (κ1) is 59.9. The molecule has 29 heteroatoms. The summed E-state index contributed by atoms with van der Waals surface area (Å²) in [4.78, 5) is 80.2. The zero-order valence-electron chi connectivity index (χ0n) is 37.0. The number of aliphatic carboxylic acids is 1. The summed E-state index contributed by atoms with van der Waals surface area (Å²) in [6.07, 6.45) is -10.1. The van der Waals surface area contributed by atoms with Crippen molar-refractivity contribution in [3.05, 3.63) is 29.8 Å². The maximum atomic E-state index is 15.0. The van der Waals surface area contributed by atoms with Gasteiger partial charge in [0.15, 0.2) is 0 Å². The molecule has 69 heavy (non-hydrogen) atoms. The van der Waals surface area contributed by atoms with Crippen molar-refractivity contribution in [3.63, 3.8) is 0 Å². The van der Waals surface area contributed by atoms with E-state index in [9.17, 15) is 105 Å². The number of carboxylic acid groups (broad SMARTS) is 1. The lowest BCUT2D eigenvalue weighted by molar-refractivity contribution is -0.449. The third-order valence-corrected chi connectivity index (χ3v) is 11.1. The first-order chi connectivity index (χ1) is 31.4. The van der Waals surface area contributed by atoms with E-state index in [1.165, 1.54) is 31.2 Å². The molecule has 1 fully saturated rings. The molecule has 1 aromatic rings. The molecule has 5 amide bonds. The summed E-state index contributed by atoms with van der Waals surface area (Å²) in [6, 6.07) is -3.91. The third kappa shape index (κ3) is 12.9. The van der Waals surface area contributed by atoms with Gasteiger partial charge in [-0.2, -0.15) is 65.9 Å². The summed E-state index contributed by atoms with van der Waals surface area (Å²) >= 11 is 0. The minimum Gasteiger partial charge on any atom is -0.508 e. The van der Waals surface area contributed by atoms with Crippen LogP contribution in [0.1, 0.15) is 78.2 Å². The Labute approximate surface area is 383 Å². The number of phenolic OH excluding ortho intramolecular Hbond substituents is 1. The van der Waals surface area contributed by atoms with Crippen LogP contribution in [-0.4, -0.2) is 136 Å². The molecule has 394 valence electrons. The van der Waals surface area contributed by atoms with E-state index in [0.717, 1.165) is 5.32 Å². The zero-order chi connectivity index (χ0) is 53.5. The number of rotatable bonds is 25. The Kier molecular flexibility index (Phi) is 19.7. The van der Waals surface area contributed by atoms with Crippen molar-refractivity contribution in [1.82, 2.24) is 26.2 Å². The smallest absolute Gasteiger partial charge is 0.460 e. The number of nitrogens with two attached hydrogens (primary N) is 1. The number of hydrogen-bond donors (Lipinski definition) is 7. The molecule has 0 aromatic heterocycles. The van der Waals surface area contributed by atoms with Crippen LogP contribution in [0.15, 0.2) is 24.3 Å². The number of carboxylic acids is 1. The summed E-state index contributed by atoms with van der Waals surface area (Å²) in [5.41, 5.74) is 5.60. The minimum absolute atomic E-state index is 0.0146. The standard InChI is InChI=1S/C40H51F15N6O8/c1-5-20(4)27(30(65)58-25(32(67)68)17-19(2)3)60-28(63)24(18-21-11-13-22(62)14-12-21)57-29(64)26-10-8-16-61(26)31(66)23(9-6-7-15-56)59-33(69)34(41,42)35(43,44)36(45,46)37(47,48)38(49,50)39(51,52)40(53,54)55/h11-14,19-20,23-27,62H,5-10,15-18,56H2,1-4H3,(H,57,64)(H,58,65)(H,59,69)(H,60,63)(H,67,68)/t20-,23+,24+,25+,26+,27+/m1/s1. The lowest BCUT2D eigenvalue weighted by Gasteiger charge is -2.41. The van der Waals surface area contributed by atoms with Crippen LogP contribution >= 0.6 is 0 Å². The Hall–Kier alpha value is -5.25. The maximum absolute atomic E-state index is 15.0. The number of amides is 5. The van der Waals surface area contributed by atoms with E-state index in [1.54, 1.807) is 20.8 Å². The first-order valence-electron chi connectivity index (χ1n) is 21.0. The van der Waals surface area contributed by atoms with Gasteiger partial charge in [0.2, 0.25) is 23.6 Å². The van der Waals surface area contributed by atoms with Gasteiger partial charge in [-0.15, -0.1) is 0 Å². The first-order valence-corrected chi connectivity index (χ1v) is 21.0. The van der Waals surface area contributed by atoms with Gasteiger partial charge in [-0.05, 0) is 74.6 Å². The molecular formula is C40H51F15N6O8. The predicted octanol–water partition coefficient (Wildman–Crippen LogP) is 5.54. The number of aromatic hydroxyl groups is 1. The second-order valence-corrected chi connectivity index (χ2v) is 16.8. The second kappa shape index (κ2) is 22.7. The van der Waals surface area contributed by atoms with E-state index in [4.69, 9.17) is 5.73 Å². The van der Waals surface area contributed by atoms with Crippen LogP contribution in [0.2, 0.25) is 0 Å². The van der Waals surface area contributed by atoms with Gasteiger partial charge >= 0.3 is 47.7 Å². The molecule has 6 atom stereocenters. The van der Waals surface area contributed by atoms with Gasteiger partial charge < -0.3 is 42.1 Å². The van der Waals surface area contributed by atoms with Crippen LogP contribution in [-0.2, 0) is 35.2 Å². The van der Waals surface area contributed by atoms with Crippen molar-refractivity contribution in [2.75, 3.05) is 13.1 Å². The van der Waals surface area contributed by atoms with Gasteiger partial charge in [-0.25, -0.2) is 4.79 Å². The monoisotopic (exact) mass is 1030 g/mol. The molecule has 1 heterocycles. The average molecular weight is 1030 g/mol. The summed E-state index contributed by atoms with van der Waals surface area (Å²) in [5, 5.41) is 27.5. The molecule has 1 saturated heterocycles. The summed E-state index contributed by atoms with van der Waals surface area (Å²) in [5.74, 6) is -60.9. The van der Waals surface area contributed by atoms with E-state index >= 15 is 0 Å². The molecule has 0 unspecified atom stereocenters. The highest BCUT2D eigenvalue weighted by atomic mass is 19.4. The van der Waals surface area contributed by atoms with Crippen LogP contribution in [0.5, 0.6) is 5.75 Å². The van der Waals surface area contributed by atoms with Crippen LogP contribution in [0, 0.1) is 11.8 Å². The molecule has 0 aliphatic carbocycles. The second-order valence-electron chi connectivity index (χ2n) is 16.8. The maximum Gasteiger partial charge on any atom is 0.460 e. The number of alkyl halides is 15. The quantitative estimate of drug-likeness (QED) is 0.0482. The van der Waals surface area contributed by atoms with Crippen molar-refractivity contribution >= 4 is 35.5 Å². The summed E-state index contributed by atoms with van der Waals surface area (Å²) in [7, 11) is 0. The number of benzene rings is 1. The van der Waals surface area contributed by atoms with Gasteiger partial charge in [0.25, 0.3) is 5.91 Å². The van der Waals surface area contributed by atoms with E-state index in [0.29, 0.717) is 4.90 Å². The lowest BCUT2D eigenvalue weighted by Crippen LogP contribution is -2.74. The third-order valence-electron chi connectivity index (χ3n) is 11.1. The highest BCUT2D eigenvalue weighted by molar-refractivity contribution is 5.97. The van der Waals surface area contributed by atoms with Gasteiger partial charge in [0, 0.05) is 13.0 Å². The number of nitrogens with zero attached hydrogens (tertiary/aromatic N) is 1. The van der Waals surface area contributed by atoms with E-state index < -0.39 is 139 Å². The molecule has 8 N–H and O–H groups in total.